The highest BCUT2D eigenvalue weighted by Crippen LogP contribution is 2.35. The summed E-state index contributed by atoms with van der Waals surface area (Å²) in [5.41, 5.74) is 3.20. The highest BCUT2D eigenvalue weighted by molar-refractivity contribution is 5.15. The molecule has 1 aliphatic heterocycles. The molecule has 0 radical (unpaired) electrons. The van der Waals surface area contributed by atoms with Gasteiger partial charge in [-0.05, 0) is 42.4 Å². The number of aliphatic hydroxyl groups is 1. The van der Waals surface area contributed by atoms with E-state index in [-0.39, 0.29) is 18.1 Å². The van der Waals surface area contributed by atoms with Gasteiger partial charge in [-0.3, -0.25) is 0 Å². The lowest BCUT2D eigenvalue weighted by molar-refractivity contribution is -0.337. The Morgan fingerprint density at radius 1 is 0.625 bits per heavy atom. The number of ether oxygens (including phenoxy) is 5. The molecule has 1 aliphatic carbocycles. The van der Waals surface area contributed by atoms with E-state index in [1.165, 1.54) is 0 Å². The molecule has 0 aromatic heterocycles. The molecule has 6 nitrogen and oxygen atoms in total. The Morgan fingerprint density at radius 2 is 1.10 bits per heavy atom. The van der Waals surface area contributed by atoms with Crippen LogP contribution in [0.1, 0.15) is 49.8 Å². The zero-order valence-corrected chi connectivity index (χ0v) is 23.5. The molecule has 1 saturated carbocycles. The van der Waals surface area contributed by atoms with E-state index in [1.807, 2.05) is 73.7 Å². The molecule has 5 rings (SSSR count). The van der Waals surface area contributed by atoms with Gasteiger partial charge >= 0.3 is 0 Å². The summed E-state index contributed by atoms with van der Waals surface area (Å²) in [5, 5.41) is 10.8. The zero-order chi connectivity index (χ0) is 27.7. The summed E-state index contributed by atoms with van der Waals surface area (Å²) in [7, 11) is 0. The lowest BCUT2D eigenvalue weighted by Crippen LogP contribution is -2.61. The Bertz CT molecular complexity index is 1120. The minimum Gasteiger partial charge on any atom is -0.390 e. The number of hydrogen-bond acceptors (Lipinski definition) is 6. The van der Waals surface area contributed by atoms with Crippen molar-refractivity contribution in [2.75, 3.05) is 0 Å². The van der Waals surface area contributed by atoms with Gasteiger partial charge < -0.3 is 28.8 Å². The fourth-order valence-corrected chi connectivity index (χ4v) is 5.71. The molecule has 40 heavy (non-hydrogen) atoms. The minimum atomic E-state index is -0.712. The van der Waals surface area contributed by atoms with E-state index in [9.17, 15) is 5.11 Å². The summed E-state index contributed by atoms with van der Waals surface area (Å²) >= 11 is 0. The van der Waals surface area contributed by atoms with E-state index in [0.717, 1.165) is 36.0 Å². The van der Waals surface area contributed by atoms with E-state index in [2.05, 4.69) is 31.2 Å². The van der Waals surface area contributed by atoms with Gasteiger partial charge in [0.25, 0.3) is 0 Å². The second kappa shape index (κ2) is 14.4. The molecule has 1 heterocycles. The van der Waals surface area contributed by atoms with Crippen molar-refractivity contribution in [3.63, 3.8) is 0 Å². The van der Waals surface area contributed by atoms with Gasteiger partial charge in [-0.2, -0.15) is 0 Å². The second-order valence-corrected chi connectivity index (χ2v) is 11.1. The van der Waals surface area contributed by atoms with Crippen molar-refractivity contribution in [1.29, 1.82) is 0 Å². The molecule has 0 amide bonds. The van der Waals surface area contributed by atoms with E-state index >= 15 is 0 Å². The Balaban J connectivity index is 1.41. The third kappa shape index (κ3) is 7.58. The number of benzene rings is 3. The first-order chi connectivity index (χ1) is 19.6. The van der Waals surface area contributed by atoms with Crippen LogP contribution in [0.5, 0.6) is 0 Å². The second-order valence-electron chi connectivity index (χ2n) is 11.1. The van der Waals surface area contributed by atoms with Crippen LogP contribution in [0.25, 0.3) is 0 Å². The normalized spacial score (nSPS) is 30.7. The first-order valence-corrected chi connectivity index (χ1v) is 14.5. The summed E-state index contributed by atoms with van der Waals surface area (Å²) in [6.07, 6.45) is -0.578. The molecule has 0 bridgehead atoms. The fourth-order valence-electron chi connectivity index (χ4n) is 5.71. The summed E-state index contributed by atoms with van der Waals surface area (Å²) in [6.45, 7) is 5.35. The number of aliphatic hydroxyl groups excluding tert-OH is 1. The fraction of sp³-hybridized carbons (Fsp3) is 0.471. The molecule has 8 atom stereocenters. The maximum absolute atomic E-state index is 10.8. The Hall–Kier alpha value is -2.58. The SMILES string of the molecule is CC1CCCC(O)C1OC1OC(C)C(OCc2ccccc2)C(OCc2ccccc2)C1OCc1ccccc1. The van der Waals surface area contributed by atoms with E-state index in [1.54, 1.807) is 0 Å². The van der Waals surface area contributed by atoms with E-state index < -0.39 is 30.7 Å². The van der Waals surface area contributed by atoms with Crippen LogP contribution in [-0.2, 0) is 43.5 Å². The van der Waals surface area contributed by atoms with Gasteiger partial charge in [-0.15, -0.1) is 0 Å². The van der Waals surface area contributed by atoms with E-state index in [0.29, 0.717) is 19.8 Å². The molecule has 3 aromatic rings. The maximum Gasteiger partial charge on any atom is 0.187 e. The Kier molecular flexibility index (Phi) is 10.4. The van der Waals surface area contributed by atoms with Crippen LogP contribution in [0.15, 0.2) is 91.0 Å². The zero-order valence-electron chi connectivity index (χ0n) is 23.5. The number of hydrogen-bond donors (Lipinski definition) is 1. The van der Waals surface area contributed by atoms with Crippen molar-refractivity contribution >= 4 is 0 Å². The lowest BCUT2D eigenvalue weighted by atomic mass is 9.85. The van der Waals surface area contributed by atoms with Crippen molar-refractivity contribution < 1.29 is 28.8 Å². The first-order valence-electron chi connectivity index (χ1n) is 14.5. The van der Waals surface area contributed by atoms with Gasteiger partial charge in [0, 0.05) is 0 Å². The highest BCUT2D eigenvalue weighted by atomic mass is 16.7. The molecule has 214 valence electrons. The van der Waals surface area contributed by atoms with Crippen LogP contribution in [0.3, 0.4) is 0 Å². The van der Waals surface area contributed by atoms with Crippen LogP contribution in [0.2, 0.25) is 0 Å². The summed E-state index contributed by atoms with van der Waals surface area (Å²) < 4.78 is 32.8. The Labute approximate surface area is 238 Å². The lowest BCUT2D eigenvalue weighted by Gasteiger charge is -2.47. The van der Waals surface area contributed by atoms with Crippen molar-refractivity contribution in [2.24, 2.45) is 5.92 Å². The molecule has 1 N–H and O–H groups in total. The predicted octanol–water partition coefficient (Wildman–Crippen LogP) is 6.05. The average Bonchev–Trinajstić information content (AvgIpc) is 2.98. The highest BCUT2D eigenvalue weighted by Gasteiger charge is 2.49. The largest absolute Gasteiger partial charge is 0.390 e. The van der Waals surface area contributed by atoms with Gasteiger partial charge in [0.15, 0.2) is 6.29 Å². The first kappa shape index (κ1) is 28.9. The van der Waals surface area contributed by atoms with Gasteiger partial charge in [0.1, 0.15) is 18.3 Å². The summed E-state index contributed by atoms with van der Waals surface area (Å²) in [6, 6.07) is 30.3. The standard InChI is InChI=1S/C34H42O6/c1-24-13-12-20-29(35)30(24)40-34-33(38-23-28-18-10-5-11-19-28)32(37-22-27-16-8-4-9-17-27)31(25(2)39-34)36-21-26-14-6-3-7-15-26/h3-11,14-19,24-25,29-35H,12-13,20-23H2,1-2H3. The quantitative estimate of drug-likeness (QED) is 0.316. The molecule has 2 aliphatic rings. The van der Waals surface area contributed by atoms with Crippen molar-refractivity contribution in [2.45, 2.75) is 95.8 Å². The third-order valence-electron chi connectivity index (χ3n) is 7.97. The summed E-state index contributed by atoms with van der Waals surface area (Å²) in [4.78, 5) is 0. The van der Waals surface area contributed by atoms with Crippen molar-refractivity contribution in [1.82, 2.24) is 0 Å². The molecule has 0 spiro atoms. The molecular formula is C34H42O6. The van der Waals surface area contributed by atoms with Gasteiger partial charge in [-0.25, -0.2) is 0 Å². The molecule has 8 unspecified atom stereocenters. The molecule has 3 aromatic carbocycles. The topological polar surface area (TPSA) is 66.4 Å². The van der Waals surface area contributed by atoms with Crippen LogP contribution in [0, 0.1) is 5.92 Å². The Morgan fingerprint density at radius 3 is 1.60 bits per heavy atom. The van der Waals surface area contributed by atoms with Gasteiger partial charge in [-0.1, -0.05) is 104 Å². The summed E-state index contributed by atoms with van der Waals surface area (Å²) in [5.74, 6) is 0.216. The third-order valence-corrected chi connectivity index (χ3v) is 7.97. The van der Waals surface area contributed by atoms with Crippen molar-refractivity contribution in [3.8, 4) is 0 Å². The van der Waals surface area contributed by atoms with E-state index in [4.69, 9.17) is 23.7 Å². The average molecular weight is 547 g/mol. The number of rotatable bonds is 11. The molecule has 2 fully saturated rings. The van der Waals surface area contributed by atoms with Gasteiger partial charge in [0.05, 0.1) is 38.1 Å². The van der Waals surface area contributed by atoms with Crippen LogP contribution in [-0.4, -0.2) is 48.0 Å². The molecule has 1 saturated heterocycles. The maximum atomic E-state index is 10.8. The molecular weight excluding hydrogens is 504 g/mol. The monoisotopic (exact) mass is 546 g/mol. The van der Waals surface area contributed by atoms with Crippen LogP contribution in [0.4, 0.5) is 0 Å². The van der Waals surface area contributed by atoms with Crippen LogP contribution >= 0.6 is 0 Å². The van der Waals surface area contributed by atoms with Crippen LogP contribution < -0.4 is 0 Å². The van der Waals surface area contributed by atoms with Crippen molar-refractivity contribution in [3.05, 3.63) is 108 Å². The minimum absolute atomic E-state index is 0.216. The molecule has 6 heteroatoms. The smallest absolute Gasteiger partial charge is 0.187 e. The van der Waals surface area contributed by atoms with Gasteiger partial charge in [0.2, 0.25) is 0 Å². The predicted molar refractivity (Wildman–Crippen MR) is 153 cm³/mol.